The molecule has 0 aliphatic carbocycles. The Morgan fingerprint density at radius 2 is 1.52 bits per heavy atom. The number of rotatable bonds is 5. The molecule has 1 heterocycles. The first kappa shape index (κ1) is 15.1. The number of hydrogen-bond acceptors (Lipinski definition) is 4. The Labute approximate surface area is 145 Å². The van der Waals surface area contributed by atoms with Crippen molar-refractivity contribution in [3.63, 3.8) is 0 Å². The summed E-state index contributed by atoms with van der Waals surface area (Å²) in [6.07, 6.45) is 0. The summed E-state index contributed by atoms with van der Waals surface area (Å²) in [7, 11) is 0. The van der Waals surface area contributed by atoms with E-state index in [1.807, 2.05) is 89.6 Å². The number of nitrogens with zero attached hydrogens (tertiary/aromatic N) is 4. The Kier molecular flexibility index (Phi) is 4.20. The van der Waals surface area contributed by atoms with Crippen molar-refractivity contribution in [2.45, 2.75) is 6.54 Å². The van der Waals surface area contributed by atoms with E-state index in [-0.39, 0.29) is 0 Å². The summed E-state index contributed by atoms with van der Waals surface area (Å²) in [5, 5.41) is 13.1. The maximum Gasteiger partial charge on any atom is 0.113 e. The normalized spacial score (nSPS) is 11.6. The van der Waals surface area contributed by atoms with Gasteiger partial charge in [-0.15, -0.1) is 5.10 Å². The van der Waals surface area contributed by atoms with E-state index in [9.17, 15) is 0 Å². The predicted octanol–water partition coefficient (Wildman–Crippen LogP) is 3.95. The second-order valence-electron chi connectivity index (χ2n) is 5.64. The van der Waals surface area contributed by atoms with Crippen LogP contribution < -0.4 is 5.43 Å². The van der Waals surface area contributed by atoms with Crippen molar-refractivity contribution in [1.82, 2.24) is 15.0 Å². The summed E-state index contributed by atoms with van der Waals surface area (Å²) in [4.78, 5) is 0. The molecule has 0 saturated carbocycles. The fourth-order valence-corrected chi connectivity index (χ4v) is 2.64. The van der Waals surface area contributed by atoms with Crippen LogP contribution in [-0.4, -0.2) is 20.7 Å². The Morgan fingerprint density at radius 3 is 2.32 bits per heavy atom. The SMILES string of the molecule is c1ccc(N/N=C(\Cn2nnc3ccccc32)c2ccccc2)cc1. The molecule has 5 heteroatoms. The van der Waals surface area contributed by atoms with Crippen molar-refractivity contribution in [2.24, 2.45) is 5.10 Å². The first-order chi connectivity index (χ1) is 12.4. The van der Waals surface area contributed by atoms with Gasteiger partial charge in [0, 0.05) is 0 Å². The molecule has 1 aromatic heterocycles. The van der Waals surface area contributed by atoms with Gasteiger partial charge in [0.25, 0.3) is 0 Å². The van der Waals surface area contributed by atoms with Gasteiger partial charge < -0.3 is 0 Å². The van der Waals surface area contributed by atoms with Gasteiger partial charge in [-0.2, -0.15) is 5.10 Å². The lowest BCUT2D eigenvalue weighted by atomic mass is 10.1. The molecule has 0 aliphatic heterocycles. The summed E-state index contributed by atoms with van der Waals surface area (Å²) in [6.45, 7) is 0.532. The number of nitrogens with one attached hydrogen (secondary N) is 1. The van der Waals surface area contributed by atoms with Gasteiger partial charge in [0.1, 0.15) is 5.52 Å². The zero-order chi connectivity index (χ0) is 16.9. The molecule has 4 rings (SSSR count). The van der Waals surface area contributed by atoms with Crippen molar-refractivity contribution >= 4 is 22.4 Å². The molecular weight excluding hydrogens is 310 g/mol. The fourth-order valence-electron chi connectivity index (χ4n) is 2.64. The highest BCUT2D eigenvalue weighted by atomic mass is 15.4. The molecule has 122 valence electrons. The highest BCUT2D eigenvalue weighted by Gasteiger charge is 2.09. The largest absolute Gasteiger partial charge is 0.278 e. The third-order valence-corrected chi connectivity index (χ3v) is 3.92. The number of para-hydroxylation sites is 2. The molecule has 25 heavy (non-hydrogen) atoms. The molecule has 0 amide bonds. The zero-order valence-electron chi connectivity index (χ0n) is 13.6. The van der Waals surface area contributed by atoms with E-state index in [4.69, 9.17) is 0 Å². The van der Waals surface area contributed by atoms with Crippen LogP contribution in [0.3, 0.4) is 0 Å². The van der Waals surface area contributed by atoms with Crippen LogP contribution in [0.4, 0.5) is 5.69 Å². The minimum Gasteiger partial charge on any atom is -0.278 e. The average molecular weight is 327 g/mol. The van der Waals surface area contributed by atoms with E-state index in [0.29, 0.717) is 6.54 Å². The van der Waals surface area contributed by atoms with Crippen LogP contribution in [0.1, 0.15) is 5.56 Å². The fraction of sp³-hybridized carbons (Fsp3) is 0.0500. The Morgan fingerprint density at radius 1 is 0.840 bits per heavy atom. The van der Waals surface area contributed by atoms with Gasteiger partial charge in [0.15, 0.2) is 0 Å². The van der Waals surface area contributed by atoms with E-state index >= 15 is 0 Å². The summed E-state index contributed by atoms with van der Waals surface area (Å²) in [6, 6.07) is 27.9. The number of hydrogen-bond donors (Lipinski definition) is 1. The summed E-state index contributed by atoms with van der Waals surface area (Å²) < 4.78 is 1.87. The van der Waals surface area contributed by atoms with E-state index in [0.717, 1.165) is 28.0 Å². The molecule has 0 radical (unpaired) electrons. The maximum absolute atomic E-state index is 4.62. The van der Waals surface area contributed by atoms with Crippen molar-refractivity contribution in [1.29, 1.82) is 0 Å². The topological polar surface area (TPSA) is 55.1 Å². The Bertz CT molecular complexity index is 990. The molecule has 3 aromatic carbocycles. The Hall–Kier alpha value is -3.47. The molecule has 0 aliphatic rings. The van der Waals surface area contributed by atoms with Crippen molar-refractivity contribution < 1.29 is 0 Å². The number of hydrazone groups is 1. The van der Waals surface area contributed by atoms with Crippen molar-refractivity contribution in [3.8, 4) is 0 Å². The molecule has 4 aromatic rings. The number of aromatic nitrogens is 3. The monoisotopic (exact) mass is 327 g/mol. The standard InChI is InChI=1S/C20H17N5/c1-3-9-16(10-4-1)19(22-21-17-11-5-2-6-12-17)15-25-20-14-8-7-13-18(20)23-24-25/h1-14,21H,15H2/b22-19+. The zero-order valence-corrected chi connectivity index (χ0v) is 13.6. The highest BCUT2D eigenvalue weighted by Crippen LogP contribution is 2.12. The quantitative estimate of drug-likeness (QED) is 0.446. The molecule has 0 spiro atoms. The molecule has 0 atom stereocenters. The lowest BCUT2D eigenvalue weighted by molar-refractivity contribution is 0.700. The minimum absolute atomic E-state index is 0.532. The van der Waals surface area contributed by atoms with Crippen LogP contribution in [0.2, 0.25) is 0 Å². The number of fused-ring (bicyclic) bond motifs is 1. The molecular formula is C20H17N5. The van der Waals surface area contributed by atoms with E-state index in [1.54, 1.807) is 0 Å². The van der Waals surface area contributed by atoms with Crippen molar-refractivity contribution in [3.05, 3.63) is 90.5 Å². The molecule has 0 saturated heterocycles. The minimum atomic E-state index is 0.532. The average Bonchev–Trinajstić information content (AvgIpc) is 3.09. The van der Waals surface area contributed by atoms with Gasteiger partial charge >= 0.3 is 0 Å². The predicted molar refractivity (Wildman–Crippen MR) is 101 cm³/mol. The smallest absolute Gasteiger partial charge is 0.113 e. The second-order valence-corrected chi connectivity index (χ2v) is 5.64. The lowest BCUT2D eigenvalue weighted by Gasteiger charge is -2.09. The molecule has 0 unspecified atom stereocenters. The van der Waals surface area contributed by atoms with Crippen LogP contribution in [0.15, 0.2) is 90.0 Å². The third kappa shape index (κ3) is 3.40. The molecule has 1 N–H and O–H groups in total. The molecule has 0 fully saturated rings. The van der Waals surface area contributed by atoms with Gasteiger partial charge in [0.05, 0.1) is 23.5 Å². The summed E-state index contributed by atoms with van der Waals surface area (Å²) in [5.74, 6) is 0. The van der Waals surface area contributed by atoms with Gasteiger partial charge in [-0.1, -0.05) is 65.9 Å². The second kappa shape index (κ2) is 6.97. The van der Waals surface area contributed by atoms with Crippen LogP contribution >= 0.6 is 0 Å². The number of anilines is 1. The summed E-state index contributed by atoms with van der Waals surface area (Å²) >= 11 is 0. The molecule has 5 nitrogen and oxygen atoms in total. The van der Waals surface area contributed by atoms with Gasteiger partial charge in [0.2, 0.25) is 0 Å². The summed E-state index contributed by atoms with van der Waals surface area (Å²) in [5.41, 5.74) is 7.88. The lowest BCUT2D eigenvalue weighted by Crippen LogP contribution is -2.14. The van der Waals surface area contributed by atoms with Crippen LogP contribution in [-0.2, 0) is 6.54 Å². The van der Waals surface area contributed by atoms with E-state index < -0.39 is 0 Å². The first-order valence-corrected chi connectivity index (χ1v) is 8.11. The van der Waals surface area contributed by atoms with Gasteiger partial charge in [-0.25, -0.2) is 4.68 Å². The van der Waals surface area contributed by atoms with Gasteiger partial charge in [-0.3, -0.25) is 5.43 Å². The number of benzene rings is 3. The van der Waals surface area contributed by atoms with Crippen molar-refractivity contribution in [2.75, 3.05) is 5.43 Å². The van der Waals surface area contributed by atoms with E-state index in [2.05, 4.69) is 20.8 Å². The van der Waals surface area contributed by atoms with Gasteiger partial charge in [-0.05, 0) is 29.8 Å². The molecule has 0 bridgehead atoms. The van der Waals surface area contributed by atoms with Crippen LogP contribution in [0, 0.1) is 0 Å². The van der Waals surface area contributed by atoms with Crippen LogP contribution in [0.25, 0.3) is 11.0 Å². The first-order valence-electron chi connectivity index (χ1n) is 8.11. The van der Waals surface area contributed by atoms with Crippen LogP contribution in [0.5, 0.6) is 0 Å². The highest BCUT2D eigenvalue weighted by molar-refractivity contribution is 6.01. The van der Waals surface area contributed by atoms with E-state index in [1.165, 1.54) is 0 Å². The maximum atomic E-state index is 4.62. The third-order valence-electron chi connectivity index (χ3n) is 3.92. The Balaban J connectivity index is 1.68.